The number of nitrogens with zero attached hydrogens (tertiary/aromatic N) is 5. The van der Waals surface area contributed by atoms with E-state index in [1.807, 2.05) is 64.1 Å². The molecule has 5 aromatic rings. The number of carbonyl (C=O) groups is 4. The quantitative estimate of drug-likeness (QED) is 0.0395. The van der Waals surface area contributed by atoms with Gasteiger partial charge in [-0.25, -0.2) is 4.98 Å². The second kappa shape index (κ2) is 14.5. The van der Waals surface area contributed by atoms with Gasteiger partial charge in [0.2, 0.25) is 11.8 Å². The van der Waals surface area contributed by atoms with Crippen LogP contribution in [0.25, 0.3) is 16.3 Å². The van der Waals surface area contributed by atoms with E-state index < -0.39 is 16.7 Å². The molecule has 0 bridgehead atoms. The van der Waals surface area contributed by atoms with E-state index in [-0.39, 0.29) is 45.6 Å². The monoisotopic (exact) mass is 801 g/mol. The Hall–Kier alpha value is -5.57. The summed E-state index contributed by atoms with van der Waals surface area (Å²) in [6.07, 6.45) is 4.70. The summed E-state index contributed by atoms with van der Waals surface area (Å²) in [6, 6.07) is 21.0. The summed E-state index contributed by atoms with van der Waals surface area (Å²) in [5.74, 6) is -2.12. The molecular weight excluding hydrogens is 767 g/mol. The van der Waals surface area contributed by atoms with Crippen molar-refractivity contribution in [1.29, 1.82) is 0 Å². The number of hydrogen-bond acceptors (Lipinski definition) is 10. The Labute approximate surface area is 336 Å². The van der Waals surface area contributed by atoms with E-state index in [1.54, 1.807) is 30.3 Å². The number of nitro benzene ring substituents is 1. The van der Waals surface area contributed by atoms with E-state index in [1.165, 1.54) is 38.2 Å². The lowest BCUT2D eigenvalue weighted by molar-refractivity contribution is -0.387. The first-order valence-electron chi connectivity index (χ1n) is 18.1. The zero-order valence-corrected chi connectivity index (χ0v) is 33.3. The van der Waals surface area contributed by atoms with Crippen LogP contribution in [-0.4, -0.2) is 38.6 Å². The van der Waals surface area contributed by atoms with Gasteiger partial charge in [-0.3, -0.25) is 44.0 Å². The maximum Gasteiger partial charge on any atom is 0.283 e. The molecule has 3 aliphatic rings. The van der Waals surface area contributed by atoms with Crippen molar-refractivity contribution in [1.82, 2.24) is 4.98 Å². The summed E-state index contributed by atoms with van der Waals surface area (Å²) in [5, 5.41) is 12.5. The number of hydrogen-bond donors (Lipinski definition) is 0. The SMILES string of the molecule is Cc1cc(C)cc(N2C(=O)C(=Cc3ccc(Sc4nc5ccc(N6C(=O)[C@H]7CCCC[C@@H]7C6=O)cc5s4)c([N+](=O)[O-])c3)C(=O)N(c3cc(C)cc(C)c3)C2=S)c1. The van der Waals surface area contributed by atoms with Crippen molar-refractivity contribution < 1.29 is 24.1 Å². The molecular formula is C42H35N5O6S3. The minimum atomic E-state index is -0.642. The fourth-order valence-electron chi connectivity index (χ4n) is 7.95. The van der Waals surface area contributed by atoms with Crippen LogP contribution in [0, 0.1) is 49.6 Å². The Morgan fingerprint density at radius 3 is 1.84 bits per heavy atom. The van der Waals surface area contributed by atoms with E-state index in [0.29, 0.717) is 31.8 Å². The second-order valence-corrected chi connectivity index (χ2v) is 17.2. The first-order valence-corrected chi connectivity index (χ1v) is 20.2. The summed E-state index contributed by atoms with van der Waals surface area (Å²) in [6.45, 7) is 7.63. The highest BCUT2D eigenvalue weighted by Gasteiger charge is 2.49. The Morgan fingerprint density at radius 1 is 0.750 bits per heavy atom. The molecule has 4 amide bonds. The first-order chi connectivity index (χ1) is 26.8. The van der Waals surface area contributed by atoms with E-state index in [2.05, 4.69) is 4.98 Å². The van der Waals surface area contributed by atoms with Crippen LogP contribution in [0.3, 0.4) is 0 Å². The lowest BCUT2D eigenvalue weighted by atomic mass is 9.81. The molecule has 282 valence electrons. The van der Waals surface area contributed by atoms with Crippen LogP contribution >= 0.6 is 35.3 Å². The van der Waals surface area contributed by atoms with E-state index in [4.69, 9.17) is 12.2 Å². The number of nitro groups is 1. The Morgan fingerprint density at radius 2 is 1.30 bits per heavy atom. The number of benzene rings is 4. The second-order valence-electron chi connectivity index (χ2n) is 14.5. The van der Waals surface area contributed by atoms with Gasteiger partial charge >= 0.3 is 0 Å². The number of fused-ring (bicyclic) bond motifs is 2. The summed E-state index contributed by atoms with van der Waals surface area (Å²) in [7, 11) is 0. The van der Waals surface area contributed by atoms with Crippen molar-refractivity contribution in [2.24, 2.45) is 11.8 Å². The molecule has 3 heterocycles. The molecule has 0 N–H and O–H groups in total. The Balaban J connectivity index is 1.12. The highest BCUT2D eigenvalue weighted by molar-refractivity contribution is 8.01. The molecule has 1 aliphatic carbocycles. The molecule has 0 radical (unpaired) electrons. The van der Waals surface area contributed by atoms with Gasteiger partial charge in [0.25, 0.3) is 17.5 Å². The molecule has 14 heteroatoms. The largest absolute Gasteiger partial charge is 0.283 e. The van der Waals surface area contributed by atoms with E-state index in [0.717, 1.165) is 64.4 Å². The van der Waals surface area contributed by atoms with Crippen molar-refractivity contribution in [3.63, 3.8) is 0 Å². The third kappa shape index (κ3) is 6.71. The van der Waals surface area contributed by atoms with Crippen LogP contribution in [0.4, 0.5) is 22.7 Å². The lowest BCUT2D eigenvalue weighted by Crippen LogP contribution is -2.57. The van der Waals surface area contributed by atoms with Crippen molar-refractivity contribution in [3.8, 4) is 0 Å². The van der Waals surface area contributed by atoms with Crippen molar-refractivity contribution in [2.45, 2.75) is 62.6 Å². The Kier molecular flexibility index (Phi) is 9.67. The molecule has 3 fully saturated rings. The molecule has 1 aromatic heterocycles. The van der Waals surface area contributed by atoms with Crippen LogP contribution in [-0.2, 0) is 19.2 Å². The minimum Gasteiger partial charge on any atom is -0.274 e. The number of thiazole rings is 1. The zero-order valence-electron chi connectivity index (χ0n) is 30.9. The van der Waals surface area contributed by atoms with Crippen LogP contribution < -0.4 is 14.7 Å². The molecule has 2 saturated heterocycles. The van der Waals surface area contributed by atoms with Gasteiger partial charge < -0.3 is 0 Å². The van der Waals surface area contributed by atoms with Gasteiger partial charge in [0.05, 0.1) is 48.9 Å². The van der Waals surface area contributed by atoms with Crippen LogP contribution in [0.2, 0.25) is 0 Å². The number of anilines is 3. The van der Waals surface area contributed by atoms with Gasteiger partial charge in [0.1, 0.15) is 5.57 Å². The molecule has 8 rings (SSSR count). The maximum atomic E-state index is 14.2. The number of carbonyl (C=O) groups excluding carboxylic acids is 4. The van der Waals surface area contributed by atoms with Gasteiger partial charge in [-0.15, -0.1) is 11.3 Å². The van der Waals surface area contributed by atoms with Crippen LogP contribution in [0.1, 0.15) is 53.5 Å². The average molecular weight is 802 g/mol. The summed E-state index contributed by atoms with van der Waals surface area (Å²) in [5.41, 5.74) is 5.61. The minimum absolute atomic E-state index is 0.00414. The van der Waals surface area contributed by atoms with Gasteiger partial charge in [-0.2, -0.15) is 0 Å². The molecule has 0 spiro atoms. The number of aryl methyl sites for hydroxylation is 4. The fraction of sp³-hybridized carbons (Fsp3) is 0.238. The smallest absolute Gasteiger partial charge is 0.274 e. The van der Waals surface area contributed by atoms with Crippen molar-refractivity contribution in [3.05, 3.63) is 116 Å². The molecule has 4 aromatic carbocycles. The van der Waals surface area contributed by atoms with Gasteiger partial charge in [-0.1, -0.05) is 42.8 Å². The number of rotatable bonds is 7. The summed E-state index contributed by atoms with van der Waals surface area (Å²) < 4.78 is 1.26. The predicted octanol–water partition coefficient (Wildman–Crippen LogP) is 9.02. The first kappa shape index (κ1) is 37.4. The lowest BCUT2D eigenvalue weighted by Gasteiger charge is -2.37. The summed E-state index contributed by atoms with van der Waals surface area (Å²) >= 11 is 8.25. The zero-order chi connectivity index (χ0) is 39.6. The number of thiocarbonyl (C=S) groups is 1. The molecule has 1 saturated carbocycles. The Bertz CT molecular complexity index is 2460. The third-order valence-corrected chi connectivity index (χ3v) is 12.8. The molecule has 2 atom stereocenters. The standard InChI is InChI=1S/C42H35N5O6S3/c1-22-13-23(2)16-28(15-22)45-39(50)32(40(51)46(42(45)54)29-17-24(3)14-25(4)18-29)19-26-9-12-35(34(20-26)47(52)53)55-41-43-33-11-10-27(21-36(33)56-41)44-37(48)30-7-5-6-8-31(30)38(44)49/h9-21,30-31H,5-8H2,1-4H3/t30-,31-/m0/s1. The molecule has 56 heavy (non-hydrogen) atoms. The van der Waals surface area contributed by atoms with Gasteiger partial charge in [0, 0.05) is 6.07 Å². The summed E-state index contributed by atoms with van der Waals surface area (Å²) in [4.78, 5) is 75.9. The third-order valence-electron chi connectivity index (χ3n) is 10.3. The van der Waals surface area contributed by atoms with Crippen molar-refractivity contribution in [2.75, 3.05) is 14.7 Å². The van der Waals surface area contributed by atoms with Gasteiger partial charge in [0.15, 0.2) is 9.45 Å². The highest BCUT2D eigenvalue weighted by Crippen LogP contribution is 2.43. The topological polar surface area (TPSA) is 134 Å². The number of amides is 4. The van der Waals surface area contributed by atoms with Crippen LogP contribution in [0.5, 0.6) is 0 Å². The van der Waals surface area contributed by atoms with E-state index >= 15 is 0 Å². The fourth-order valence-corrected chi connectivity index (χ4v) is 10.5. The van der Waals surface area contributed by atoms with E-state index in [9.17, 15) is 29.3 Å². The molecule has 0 unspecified atom stereocenters. The number of imide groups is 1. The predicted molar refractivity (Wildman–Crippen MR) is 222 cm³/mol. The normalized spacial score (nSPS) is 18.7. The van der Waals surface area contributed by atoms with Gasteiger partial charge in [-0.05, 0) is 135 Å². The molecule has 11 nitrogen and oxygen atoms in total. The van der Waals surface area contributed by atoms with Crippen molar-refractivity contribution >= 4 is 103 Å². The number of aromatic nitrogens is 1. The van der Waals surface area contributed by atoms with Crippen LogP contribution in [0.15, 0.2) is 87.6 Å². The highest BCUT2D eigenvalue weighted by atomic mass is 32.2. The molecule has 2 aliphatic heterocycles. The average Bonchev–Trinajstić information content (AvgIpc) is 3.65. The maximum absolute atomic E-state index is 14.2.